The normalized spacial score (nSPS) is 33.8. The summed E-state index contributed by atoms with van der Waals surface area (Å²) in [4.78, 5) is 5.28. The molecule has 2 bridgehead atoms. The quantitative estimate of drug-likeness (QED) is 0.839. The molecule has 0 spiro atoms. The average molecular weight is 271 g/mol. The minimum atomic E-state index is 0.856. The number of rotatable bonds is 2. The fourth-order valence-corrected chi connectivity index (χ4v) is 4.66. The molecule has 2 aliphatic carbocycles. The van der Waals surface area contributed by atoms with E-state index in [9.17, 15) is 0 Å². The zero-order chi connectivity index (χ0) is 13.5. The molecule has 3 fully saturated rings. The lowest BCUT2D eigenvalue weighted by Crippen LogP contribution is -2.51. The van der Waals surface area contributed by atoms with Gasteiger partial charge in [-0.1, -0.05) is 6.42 Å². The first-order valence-corrected chi connectivity index (χ1v) is 8.14. The van der Waals surface area contributed by atoms with E-state index in [0.717, 1.165) is 36.7 Å². The number of hydrogen-bond donors (Lipinski definition) is 1. The monoisotopic (exact) mass is 271 g/mol. The predicted molar refractivity (Wildman–Crippen MR) is 83.9 cm³/mol. The predicted octanol–water partition coefficient (Wildman–Crippen LogP) is 2.58. The van der Waals surface area contributed by atoms with E-state index in [4.69, 9.17) is 5.73 Å². The third kappa shape index (κ3) is 2.18. The molecule has 2 saturated carbocycles. The second-order valence-corrected chi connectivity index (χ2v) is 6.86. The van der Waals surface area contributed by atoms with E-state index in [-0.39, 0.29) is 0 Å². The van der Waals surface area contributed by atoms with Gasteiger partial charge >= 0.3 is 0 Å². The first-order chi connectivity index (χ1) is 9.79. The van der Waals surface area contributed by atoms with Crippen molar-refractivity contribution in [2.45, 2.75) is 31.7 Å². The van der Waals surface area contributed by atoms with Crippen molar-refractivity contribution in [1.82, 2.24) is 4.90 Å². The summed E-state index contributed by atoms with van der Waals surface area (Å²) >= 11 is 0. The molecular formula is C17H25N3. The van der Waals surface area contributed by atoms with E-state index in [1.807, 2.05) is 12.1 Å². The van der Waals surface area contributed by atoms with E-state index >= 15 is 0 Å². The van der Waals surface area contributed by atoms with Crippen molar-refractivity contribution >= 4 is 11.4 Å². The van der Waals surface area contributed by atoms with Crippen molar-refractivity contribution in [2.24, 2.45) is 11.8 Å². The highest BCUT2D eigenvalue weighted by Crippen LogP contribution is 2.46. The zero-order valence-electron chi connectivity index (χ0n) is 12.2. The van der Waals surface area contributed by atoms with Crippen LogP contribution in [0.3, 0.4) is 0 Å². The molecule has 1 heterocycles. The van der Waals surface area contributed by atoms with Crippen LogP contribution in [-0.2, 0) is 0 Å². The molecule has 1 aromatic carbocycles. The molecule has 1 saturated heterocycles. The zero-order valence-corrected chi connectivity index (χ0v) is 12.2. The summed E-state index contributed by atoms with van der Waals surface area (Å²) in [6, 6.07) is 9.24. The lowest BCUT2D eigenvalue weighted by Gasteiger charge is -2.41. The van der Waals surface area contributed by atoms with Crippen LogP contribution in [0, 0.1) is 11.8 Å². The highest BCUT2D eigenvalue weighted by Gasteiger charge is 2.42. The molecule has 0 aromatic heterocycles. The van der Waals surface area contributed by atoms with Gasteiger partial charge in [-0.15, -0.1) is 0 Å². The van der Waals surface area contributed by atoms with Gasteiger partial charge in [0, 0.05) is 43.6 Å². The van der Waals surface area contributed by atoms with E-state index in [0.29, 0.717) is 0 Å². The lowest BCUT2D eigenvalue weighted by atomic mass is 9.93. The lowest BCUT2D eigenvalue weighted by molar-refractivity contribution is 0.135. The average Bonchev–Trinajstić information content (AvgIpc) is 3.11. The number of nitrogens with zero attached hydrogens (tertiary/aromatic N) is 2. The van der Waals surface area contributed by atoms with Crippen LogP contribution in [0.2, 0.25) is 0 Å². The first kappa shape index (κ1) is 12.5. The van der Waals surface area contributed by atoms with E-state index in [1.165, 1.54) is 44.5 Å². The highest BCUT2D eigenvalue weighted by molar-refractivity contribution is 5.53. The molecule has 1 aliphatic heterocycles. The maximum absolute atomic E-state index is 5.77. The van der Waals surface area contributed by atoms with Gasteiger partial charge in [-0.2, -0.15) is 0 Å². The SMILES string of the molecule is Nc1ccc(N2CCN([C@@H]3C[C@H]4CC[C@@H]3C4)CC2)cc1. The number of nitrogens with two attached hydrogens (primary N) is 1. The molecule has 0 unspecified atom stereocenters. The van der Waals surface area contributed by atoms with Crippen LogP contribution in [-0.4, -0.2) is 37.1 Å². The van der Waals surface area contributed by atoms with Gasteiger partial charge in [-0.05, 0) is 55.4 Å². The van der Waals surface area contributed by atoms with Crippen molar-refractivity contribution in [1.29, 1.82) is 0 Å². The Labute approximate surface area is 121 Å². The summed E-state index contributed by atoms with van der Waals surface area (Å²) in [5, 5.41) is 0. The number of nitrogen functional groups attached to an aromatic ring is 1. The Morgan fingerprint density at radius 1 is 0.900 bits per heavy atom. The van der Waals surface area contributed by atoms with E-state index in [1.54, 1.807) is 0 Å². The Balaban J connectivity index is 1.37. The van der Waals surface area contributed by atoms with Gasteiger partial charge in [0.15, 0.2) is 0 Å². The molecule has 3 heteroatoms. The Bertz CT molecular complexity index is 462. The van der Waals surface area contributed by atoms with E-state index < -0.39 is 0 Å². The maximum atomic E-state index is 5.77. The van der Waals surface area contributed by atoms with Crippen LogP contribution in [0.1, 0.15) is 25.7 Å². The van der Waals surface area contributed by atoms with Crippen LogP contribution in [0.4, 0.5) is 11.4 Å². The Kier molecular flexibility index (Phi) is 3.10. The van der Waals surface area contributed by atoms with Crippen molar-refractivity contribution in [3.8, 4) is 0 Å². The smallest absolute Gasteiger partial charge is 0.0368 e. The second-order valence-electron chi connectivity index (χ2n) is 6.86. The number of fused-ring (bicyclic) bond motifs is 2. The minimum absolute atomic E-state index is 0.856. The molecular weight excluding hydrogens is 246 g/mol. The summed E-state index contributed by atoms with van der Waals surface area (Å²) in [7, 11) is 0. The van der Waals surface area contributed by atoms with Crippen molar-refractivity contribution in [2.75, 3.05) is 36.8 Å². The molecule has 2 N–H and O–H groups in total. The van der Waals surface area contributed by atoms with Gasteiger partial charge < -0.3 is 10.6 Å². The van der Waals surface area contributed by atoms with E-state index in [2.05, 4.69) is 21.9 Å². The van der Waals surface area contributed by atoms with Crippen LogP contribution >= 0.6 is 0 Å². The van der Waals surface area contributed by atoms with Crippen molar-refractivity contribution in [3.63, 3.8) is 0 Å². The van der Waals surface area contributed by atoms with Crippen LogP contribution < -0.4 is 10.6 Å². The molecule has 0 amide bonds. The molecule has 3 atom stereocenters. The van der Waals surface area contributed by atoms with Crippen LogP contribution in [0.5, 0.6) is 0 Å². The molecule has 3 nitrogen and oxygen atoms in total. The number of anilines is 2. The minimum Gasteiger partial charge on any atom is -0.399 e. The van der Waals surface area contributed by atoms with Gasteiger partial charge in [-0.25, -0.2) is 0 Å². The van der Waals surface area contributed by atoms with Gasteiger partial charge in [0.25, 0.3) is 0 Å². The molecule has 20 heavy (non-hydrogen) atoms. The number of benzene rings is 1. The summed E-state index contributed by atoms with van der Waals surface area (Å²) < 4.78 is 0. The Morgan fingerprint density at radius 2 is 1.65 bits per heavy atom. The molecule has 108 valence electrons. The van der Waals surface area contributed by atoms with Crippen molar-refractivity contribution in [3.05, 3.63) is 24.3 Å². The highest BCUT2D eigenvalue weighted by atomic mass is 15.3. The first-order valence-electron chi connectivity index (χ1n) is 8.14. The fraction of sp³-hybridized carbons (Fsp3) is 0.647. The molecule has 0 radical (unpaired) electrons. The Morgan fingerprint density at radius 3 is 2.25 bits per heavy atom. The topological polar surface area (TPSA) is 32.5 Å². The second kappa shape index (κ2) is 4.96. The van der Waals surface area contributed by atoms with Gasteiger partial charge in [0.1, 0.15) is 0 Å². The Hall–Kier alpha value is -1.22. The summed E-state index contributed by atoms with van der Waals surface area (Å²) in [6.07, 6.45) is 6.00. The number of piperazine rings is 1. The van der Waals surface area contributed by atoms with Crippen LogP contribution in [0.15, 0.2) is 24.3 Å². The largest absolute Gasteiger partial charge is 0.399 e. The van der Waals surface area contributed by atoms with Gasteiger partial charge in [0.2, 0.25) is 0 Å². The molecule has 1 aromatic rings. The molecule has 4 rings (SSSR count). The van der Waals surface area contributed by atoms with Gasteiger partial charge in [0.05, 0.1) is 0 Å². The summed E-state index contributed by atoms with van der Waals surface area (Å²) in [5.41, 5.74) is 7.95. The third-order valence-corrected chi connectivity index (χ3v) is 5.74. The fourth-order valence-electron chi connectivity index (χ4n) is 4.66. The maximum Gasteiger partial charge on any atom is 0.0368 e. The summed E-state index contributed by atoms with van der Waals surface area (Å²) in [6.45, 7) is 4.80. The molecule has 3 aliphatic rings. The standard InChI is InChI=1S/C17H25N3/c18-15-3-5-16(6-4-15)19-7-9-20(10-8-19)17-12-13-1-2-14(17)11-13/h3-6,13-14,17H,1-2,7-12,18H2/t13-,14+,17+/m0/s1. The van der Waals surface area contributed by atoms with Crippen LogP contribution in [0.25, 0.3) is 0 Å². The van der Waals surface area contributed by atoms with Gasteiger partial charge in [-0.3, -0.25) is 4.90 Å². The summed E-state index contributed by atoms with van der Waals surface area (Å²) in [5.74, 6) is 2.07. The number of hydrogen-bond acceptors (Lipinski definition) is 3. The van der Waals surface area contributed by atoms with Crippen molar-refractivity contribution < 1.29 is 0 Å². The third-order valence-electron chi connectivity index (χ3n) is 5.74.